The van der Waals surface area contributed by atoms with Gasteiger partial charge in [-0.05, 0) is 161 Å². The number of aryl methyl sites for hydroxylation is 1. The van der Waals surface area contributed by atoms with E-state index in [9.17, 15) is 37.7 Å². The molecule has 4 fully saturated rings. The molecule has 4 saturated heterocycles. The molecule has 0 radical (unpaired) electrons. The van der Waals surface area contributed by atoms with Gasteiger partial charge < -0.3 is 72.2 Å². The first-order chi connectivity index (χ1) is 53.8. The fraction of sp³-hybridized carbons (Fsp3) is 0.865. The lowest BCUT2D eigenvalue weighted by Crippen LogP contribution is -2.35. The molecule has 0 aromatic heterocycles. The van der Waals surface area contributed by atoms with Crippen molar-refractivity contribution in [2.75, 3.05) is 41.7 Å². The molecule has 644 valence electrons. The zero-order chi connectivity index (χ0) is 80.4. The highest BCUT2D eigenvalue weighted by Crippen LogP contribution is 2.38. The summed E-state index contributed by atoms with van der Waals surface area (Å²) in [5.74, 6) is -0.623. The number of benzene rings is 1. The molecule has 3 N–H and O–H groups in total. The van der Waals surface area contributed by atoms with Gasteiger partial charge in [0.1, 0.15) is 38.8 Å². The number of aliphatic hydroxyl groups is 3. The van der Waals surface area contributed by atoms with Gasteiger partial charge in [-0.1, -0.05) is 212 Å². The molecule has 20 nitrogen and oxygen atoms in total. The average Bonchev–Trinajstić information content (AvgIpc) is 1.77. The number of rotatable bonds is 62. The van der Waals surface area contributed by atoms with E-state index in [-0.39, 0.29) is 117 Å². The summed E-state index contributed by atoms with van der Waals surface area (Å²) < 4.78 is 118. The minimum Gasteiger partial charge on any atom is -0.455 e. The lowest BCUT2D eigenvalue weighted by atomic mass is 9.99. The standard InChI is InChI=1S/C50H84O13S.C37H65FO7.C2H6/c1-7-8-9-10-11-12-13-17-23-44(58-36-55-5)46-29-31-48(61-46)49-32-30-47(62-49)45(59-37-56-6)24-19-18-21-41(63-64(52,53)43-27-25-38(2)26-28-43)20-15-14-16-22-42(57-35-54-4)34-40-33-39(3)60-50(40)51;1-3-4-5-6-7-8-9-13-19-31(40)33-21-23-35(44-33)36-24-22-34(45-36)32(41)20-15-14-17-29(38)16-11-10-12-18-30(39)26-28-25-27(2)43-37(28)42;1-2/h25-28,33,39,41-42,44-49H,7-24,29-32,34-37H2,1-6H3;25,27,29-36,39-41H,3-24,26H2,1-2H3;1-2H3/t39-,41?,42?,44+,45?,46+,47+,48+,49+;27-,29?,30?,31+,32?,33+,34+,35+,36+;/m00./s1/i;38-1;. The predicted octanol–water partition coefficient (Wildman–Crippen LogP) is 19.3. The summed E-state index contributed by atoms with van der Waals surface area (Å²) in [5, 5.41) is 31.6. The highest BCUT2D eigenvalue weighted by atomic mass is 32.2. The maximum atomic E-state index is 14.4. The number of carbonyl (C=O) groups is 2. The maximum absolute atomic E-state index is 14.4. The second-order valence-electron chi connectivity index (χ2n) is 32.3. The monoisotopic (exact) mass is 1590 g/mol. The van der Waals surface area contributed by atoms with Crippen LogP contribution in [0.5, 0.6) is 0 Å². The van der Waals surface area contributed by atoms with E-state index in [0.717, 1.165) is 160 Å². The van der Waals surface area contributed by atoms with Crippen LogP contribution in [0, 0.1) is 6.92 Å². The number of esters is 2. The number of cyclic esters (lactones) is 2. The van der Waals surface area contributed by atoms with Gasteiger partial charge in [-0.3, -0.25) is 4.18 Å². The third kappa shape index (κ3) is 39.8. The SMILES string of the molecule is CC.CCCCCCCCCC[C@@H](O)[C@H]1CC[C@H]([C@H]2CC[C@H](C(O)CCCCC([18F])CCCCCC(O)CC3=C[C@H](C)OC3=O)O2)O1.CCCCCCCCCC[C@@H](OCOC)[C@H]1CC[C@H]([C@H]2CC[C@H](C(CCCCC(CCCCCC(CC3=C[C@H](C)OC3=O)OCOC)OS(=O)(=O)c3ccc(C)cc3)OCOC)O2)O1. The van der Waals surface area contributed by atoms with Gasteiger partial charge in [0, 0.05) is 45.3 Å². The number of aliphatic hydroxyl groups excluding tert-OH is 3. The number of halogens is 1. The smallest absolute Gasteiger partial charge is 0.334 e. The Labute approximate surface area is 671 Å². The van der Waals surface area contributed by atoms with Crippen LogP contribution in [0.3, 0.4) is 0 Å². The van der Waals surface area contributed by atoms with E-state index in [1.807, 2.05) is 33.8 Å². The Hall–Kier alpha value is -3.04. The number of alkyl halides is 1. The van der Waals surface area contributed by atoms with Gasteiger partial charge in [0.15, 0.2) is 0 Å². The molecule has 7 rings (SSSR count). The summed E-state index contributed by atoms with van der Waals surface area (Å²) in [6.07, 6.45) is 42.8. The third-order valence-corrected chi connectivity index (χ3v) is 24.2. The van der Waals surface area contributed by atoms with Crippen molar-refractivity contribution < 1.29 is 98.7 Å². The van der Waals surface area contributed by atoms with Crippen molar-refractivity contribution in [3.05, 3.63) is 53.1 Å². The van der Waals surface area contributed by atoms with E-state index in [0.29, 0.717) is 62.5 Å². The van der Waals surface area contributed by atoms with Crippen LogP contribution >= 0.6 is 0 Å². The fourth-order valence-corrected chi connectivity index (χ4v) is 17.7. The Kier molecular flexibility index (Phi) is 52.2. The summed E-state index contributed by atoms with van der Waals surface area (Å²) in [6, 6.07) is 6.78. The molecule has 6 aliphatic heterocycles. The molecule has 0 amide bonds. The van der Waals surface area contributed by atoms with Gasteiger partial charge in [-0.2, -0.15) is 8.42 Å². The van der Waals surface area contributed by atoms with Gasteiger partial charge in [0.05, 0.1) is 96.5 Å². The highest BCUT2D eigenvalue weighted by molar-refractivity contribution is 7.86. The van der Waals surface area contributed by atoms with Gasteiger partial charge in [0.2, 0.25) is 0 Å². The Morgan fingerprint density at radius 3 is 1.23 bits per heavy atom. The number of hydrogen-bond donors (Lipinski definition) is 3. The average molecular weight is 1600 g/mol. The number of carbonyl (C=O) groups excluding carboxylic acids is 2. The van der Waals surface area contributed by atoms with E-state index in [1.165, 1.54) is 89.9 Å². The Bertz CT molecular complexity index is 2720. The molecular formula is C89H155FO20S. The van der Waals surface area contributed by atoms with Gasteiger partial charge in [-0.15, -0.1) is 0 Å². The van der Waals surface area contributed by atoms with E-state index < -0.39 is 40.7 Å². The minimum atomic E-state index is -3.96. The first-order valence-corrected chi connectivity index (χ1v) is 45.7. The predicted molar refractivity (Wildman–Crippen MR) is 433 cm³/mol. The molecule has 1 aromatic carbocycles. The molecule has 1 aromatic rings. The van der Waals surface area contributed by atoms with Crippen molar-refractivity contribution in [2.45, 2.75) is 459 Å². The van der Waals surface area contributed by atoms with Crippen LogP contribution in [0.25, 0.3) is 0 Å². The summed E-state index contributed by atoms with van der Waals surface area (Å²) >= 11 is 0. The Balaban J connectivity index is 0.000000411. The van der Waals surface area contributed by atoms with Crippen molar-refractivity contribution in [3.63, 3.8) is 0 Å². The van der Waals surface area contributed by atoms with E-state index >= 15 is 0 Å². The molecule has 18 atom stereocenters. The molecule has 0 spiro atoms. The molecule has 6 heterocycles. The quantitative estimate of drug-likeness (QED) is 0.0237. The minimum absolute atomic E-state index is 0.00132. The lowest BCUT2D eigenvalue weighted by molar-refractivity contribution is -0.158. The number of hydrogen-bond acceptors (Lipinski definition) is 20. The van der Waals surface area contributed by atoms with Gasteiger partial charge in [-0.25, -0.2) is 14.0 Å². The largest absolute Gasteiger partial charge is 0.455 e. The lowest BCUT2D eigenvalue weighted by Gasteiger charge is -2.27. The van der Waals surface area contributed by atoms with Crippen LogP contribution in [0.2, 0.25) is 0 Å². The molecular weight excluding hydrogens is 1440 g/mol. The molecule has 0 saturated carbocycles. The summed E-state index contributed by atoms with van der Waals surface area (Å²) in [7, 11) is 0.921. The van der Waals surface area contributed by atoms with Crippen LogP contribution in [0.4, 0.5) is 4.39 Å². The number of methoxy groups -OCH3 is 3. The highest BCUT2D eigenvalue weighted by Gasteiger charge is 2.44. The summed E-state index contributed by atoms with van der Waals surface area (Å²) in [4.78, 5) is 24.1. The molecule has 22 heteroatoms. The fourth-order valence-electron chi connectivity index (χ4n) is 16.5. The third-order valence-electron chi connectivity index (χ3n) is 22.9. The first-order valence-electron chi connectivity index (χ1n) is 44.3. The van der Waals surface area contributed by atoms with Crippen molar-refractivity contribution >= 4 is 22.1 Å². The van der Waals surface area contributed by atoms with Gasteiger partial charge in [0.25, 0.3) is 10.1 Å². The molecule has 0 aliphatic carbocycles. The number of ether oxygens (including phenoxy) is 12. The second kappa shape index (κ2) is 58.8. The van der Waals surface area contributed by atoms with Crippen molar-refractivity contribution in [1.82, 2.24) is 0 Å². The second-order valence-corrected chi connectivity index (χ2v) is 33.9. The normalized spacial score (nSPS) is 24.8. The van der Waals surface area contributed by atoms with Crippen molar-refractivity contribution in [2.24, 2.45) is 0 Å². The topological polar surface area (TPSA) is 249 Å². The molecule has 111 heavy (non-hydrogen) atoms. The van der Waals surface area contributed by atoms with Crippen LogP contribution < -0.4 is 0 Å². The van der Waals surface area contributed by atoms with Crippen LogP contribution in [-0.2, 0) is 80.7 Å². The molecule has 0 bridgehead atoms. The summed E-state index contributed by atoms with van der Waals surface area (Å²) in [6.45, 7) is 14.7. The van der Waals surface area contributed by atoms with E-state index in [4.69, 9.17) is 61.0 Å². The van der Waals surface area contributed by atoms with Gasteiger partial charge >= 0.3 is 11.9 Å². The summed E-state index contributed by atoms with van der Waals surface area (Å²) in [5.41, 5.74) is 2.17. The van der Waals surface area contributed by atoms with Crippen LogP contribution in [0.15, 0.2) is 52.5 Å². The maximum Gasteiger partial charge on any atom is 0.334 e. The van der Waals surface area contributed by atoms with E-state index in [2.05, 4.69) is 13.8 Å². The van der Waals surface area contributed by atoms with Crippen LogP contribution in [-0.4, -0.2) is 187 Å². The molecule has 6 aliphatic rings. The zero-order valence-electron chi connectivity index (χ0n) is 70.6. The van der Waals surface area contributed by atoms with Crippen molar-refractivity contribution in [3.8, 4) is 0 Å². The Morgan fingerprint density at radius 2 is 0.775 bits per heavy atom. The van der Waals surface area contributed by atoms with Crippen molar-refractivity contribution in [1.29, 1.82) is 0 Å². The first kappa shape index (κ1) is 98.5. The number of unbranched alkanes of at least 4 members (excludes halogenated alkanes) is 20. The van der Waals surface area contributed by atoms with Crippen LogP contribution in [0.1, 0.15) is 342 Å². The molecule has 6 unspecified atom stereocenters. The zero-order valence-corrected chi connectivity index (χ0v) is 71.4. The van der Waals surface area contributed by atoms with E-state index in [1.54, 1.807) is 58.6 Å². The Morgan fingerprint density at radius 1 is 0.432 bits per heavy atom.